The summed E-state index contributed by atoms with van der Waals surface area (Å²) >= 11 is 0. The Morgan fingerprint density at radius 3 is 2.52 bits per heavy atom. The predicted octanol–water partition coefficient (Wildman–Crippen LogP) is 4.61. The Labute approximate surface area is 190 Å². The zero-order chi connectivity index (χ0) is 22.9. The lowest BCUT2D eigenvalue weighted by molar-refractivity contribution is 0.104. The number of hydrogen-bond donors (Lipinski definition) is 3. The lowest BCUT2D eigenvalue weighted by Gasteiger charge is -2.09. The molecule has 4 N–H and O–H groups in total. The maximum Gasteiger partial charge on any atom is 0.323 e. The summed E-state index contributed by atoms with van der Waals surface area (Å²) in [5.74, 6) is 0.697. The maximum atomic E-state index is 13.4. The van der Waals surface area contributed by atoms with Crippen molar-refractivity contribution in [2.75, 3.05) is 16.4 Å². The van der Waals surface area contributed by atoms with Gasteiger partial charge in [0.2, 0.25) is 0 Å². The van der Waals surface area contributed by atoms with Gasteiger partial charge in [-0.1, -0.05) is 24.3 Å². The van der Waals surface area contributed by atoms with Gasteiger partial charge in [-0.2, -0.15) is 0 Å². The zero-order valence-corrected chi connectivity index (χ0v) is 18.2. The van der Waals surface area contributed by atoms with Crippen LogP contribution in [0.2, 0.25) is 0 Å². The van der Waals surface area contributed by atoms with Crippen LogP contribution in [0.3, 0.4) is 0 Å². The number of amides is 2. The van der Waals surface area contributed by atoms with Crippen molar-refractivity contribution in [1.29, 1.82) is 0 Å². The minimum absolute atomic E-state index is 0.196. The molecule has 0 spiro atoms. The van der Waals surface area contributed by atoms with Crippen molar-refractivity contribution < 1.29 is 9.59 Å². The standard InChI is InChI=1S/C25H24N6O2/c1-15-4-2-6-18(10-15)29-25(33)30-19-7-3-5-17(11-19)22(32)20-13-31(12-16-8-9-16)24-21(20)23(26)27-14-28-24/h2-7,10-11,13-14,16H,8-9,12H2,1H3,(H2,26,27,28)(H2,29,30,33). The molecule has 0 bridgehead atoms. The Morgan fingerprint density at radius 2 is 1.79 bits per heavy atom. The summed E-state index contributed by atoms with van der Waals surface area (Å²) in [7, 11) is 0. The summed E-state index contributed by atoms with van der Waals surface area (Å²) in [5, 5.41) is 6.16. The van der Waals surface area contributed by atoms with Crippen molar-refractivity contribution >= 4 is 40.0 Å². The van der Waals surface area contributed by atoms with E-state index in [1.165, 1.54) is 19.2 Å². The van der Waals surface area contributed by atoms with E-state index in [0.29, 0.717) is 39.5 Å². The number of benzene rings is 2. The number of urea groups is 1. The molecule has 4 aromatic rings. The molecule has 0 radical (unpaired) electrons. The number of anilines is 3. The number of nitrogen functional groups attached to an aromatic ring is 1. The van der Waals surface area contributed by atoms with Crippen molar-refractivity contribution in [3.8, 4) is 0 Å². The Hall–Kier alpha value is -4.20. The molecule has 166 valence electrons. The van der Waals surface area contributed by atoms with Crippen LogP contribution >= 0.6 is 0 Å². The minimum atomic E-state index is -0.385. The second-order valence-electron chi connectivity index (χ2n) is 8.45. The van der Waals surface area contributed by atoms with Crippen molar-refractivity contribution in [2.24, 2.45) is 5.92 Å². The van der Waals surface area contributed by atoms with E-state index in [9.17, 15) is 9.59 Å². The average Bonchev–Trinajstić information content (AvgIpc) is 3.53. The number of fused-ring (bicyclic) bond motifs is 1. The minimum Gasteiger partial charge on any atom is -0.383 e. The molecular formula is C25H24N6O2. The molecule has 5 rings (SSSR count). The van der Waals surface area contributed by atoms with Gasteiger partial charge in [0.15, 0.2) is 5.78 Å². The van der Waals surface area contributed by atoms with Crippen LogP contribution in [-0.2, 0) is 6.54 Å². The fourth-order valence-corrected chi connectivity index (χ4v) is 3.95. The largest absolute Gasteiger partial charge is 0.383 e. The van der Waals surface area contributed by atoms with Crippen LogP contribution in [0.25, 0.3) is 11.0 Å². The molecule has 0 saturated heterocycles. The molecule has 1 fully saturated rings. The van der Waals surface area contributed by atoms with E-state index < -0.39 is 0 Å². The Balaban J connectivity index is 1.40. The van der Waals surface area contributed by atoms with E-state index >= 15 is 0 Å². The lowest BCUT2D eigenvalue weighted by atomic mass is 10.0. The molecule has 0 unspecified atom stereocenters. The second kappa shape index (κ2) is 8.38. The first-order valence-corrected chi connectivity index (χ1v) is 10.9. The third kappa shape index (κ3) is 4.41. The fourth-order valence-electron chi connectivity index (χ4n) is 3.95. The van der Waals surface area contributed by atoms with Gasteiger partial charge >= 0.3 is 6.03 Å². The number of nitrogens with zero attached hydrogens (tertiary/aromatic N) is 3. The van der Waals surface area contributed by atoms with E-state index in [4.69, 9.17) is 5.73 Å². The van der Waals surface area contributed by atoms with Crippen molar-refractivity contribution in [1.82, 2.24) is 14.5 Å². The average molecular weight is 441 g/mol. The van der Waals surface area contributed by atoms with E-state index in [-0.39, 0.29) is 17.6 Å². The van der Waals surface area contributed by atoms with Gasteiger partial charge in [0, 0.05) is 29.7 Å². The number of aryl methyl sites for hydroxylation is 1. The molecule has 0 atom stereocenters. The molecule has 2 heterocycles. The van der Waals surface area contributed by atoms with E-state index in [1.807, 2.05) is 42.0 Å². The molecule has 0 aliphatic heterocycles. The molecular weight excluding hydrogens is 416 g/mol. The third-order valence-corrected chi connectivity index (χ3v) is 5.74. The number of hydrogen-bond acceptors (Lipinski definition) is 5. The van der Waals surface area contributed by atoms with E-state index in [2.05, 4.69) is 20.6 Å². The van der Waals surface area contributed by atoms with E-state index in [0.717, 1.165) is 12.1 Å². The smallest absolute Gasteiger partial charge is 0.323 e. The molecule has 2 aromatic heterocycles. The first-order valence-electron chi connectivity index (χ1n) is 10.9. The van der Waals surface area contributed by atoms with Gasteiger partial charge < -0.3 is 20.9 Å². The monoisotopic (exact) mass is 440 g/mol. The summed E-state index contributed by atoms with van der Waals surface area (Å²) in [6.45, 7) is 2.76. The highest BCUT2D eigenvalue weighted by molar-refractivity contribution is 6.18. The number of nitrogens with two attached hydrogens (primary N) is 1. The Bertz CT molecular complexity index is 1370. The first-order chi connectivity index (χ1) is 16.0. The predicted molar refractivity (Wildman–Crippen MR) is 128 cm³/mol. The van der Waals surface area contributed by atoms with Crippen LogP contribution in [0.1, 0.15) is 34.3 Å². The van der Waals surface area contributed by atoms with E-state index in [1.54, 1.807) is 24.3 Å². The van der Waals surface area contributed by atoms with Crippen molar-refractivity contribution in [3.05, 3.63) is 77.7 Å². The molecule has 8 nitrogen and oxygen atoms in total. The summed E-state index contributed by atoms with van der Waals surface area (Å²) in [5.41, 5.74) is 9.96. The fraction of sp³-hybridized carbons (Fsp3) is 0.200. The van der Waals surface area contributed by atoms with Gasteiger partial charge in [0.1, 0.15) is 17.8 Å². The number of carbonyl (C=O) groups is 2. The van der Waals surface area contributed by atoms with Gasteiger partial charge in [0.05, 0.1) is 10.9 Å². The number of ketones is 1. The molecule has 1 aliphatic rings. The lowest BCUT2D eigenvalue weighted by Crippen LogP contribution is -2.19. The summed E-state index contributed by atoms with van der Waals surface area (Å²) in [6, 6.07) is 14.0. The highest BCUT2D eigenvalue weighted by Crippen LogP contribution is 2.34. The van der Waals surface area contributed by atoms with Crippen molar-refractivity contribution in [2.45, 2.75) is 26.3 Å². The van der Waals surface area contributed by atoms with Crippen LogP contribution < -0.4 is 16.4 Å². The van der Waals surface area contributed by atoms with Gasteiger partial charge in [-0.15, -0.1) is 0 Å². The molecule has 1 saturated carbocycles. The number of carbonyl (C=O) groups excluding carboxylic acids is 2. The maximum absolute atomic E-state index is 13.4. The highest BCUT2D eigenvalue weighted by atomic mass is 16.2. The van der Waals surface area contributed by atoms with Crippen LogP contribution in [0.4, 0.5) is 22.0 Å². The normalized spacial score (nSPS) is 13.1. The molecule has 33 heavy (non-hydrogen) atoms. The molecule has 2 aromatic carbocycles. The first kappa shape index (κ1) is 20.7. The summed E-state index contributed by atoms with van der Waals surface area (Å²) in [6.07, 6.45) is 5.61. The van der Waals surface area contributed by atoms with Crippen molar-refractivity contribution in [3.63, 3.8) is 0 Å². The third-order valence-electron chi connectivity index (χ3n) is 5.74. The van der Waals surface area contributed by atoms with Crippen LogP contribution in [0, 0.1) is 12.8 Å². The van der Waals surface area contributed by atoms with Gasteiger partial charge in [-0.25, -0.2) is 14.8 Å². The topological polar surface area (TPSA) is 115 Å². The molecule has 1 aliphatic carbocycles. The van der Waals surface area contributed by atoms with Crippen LogP contribution in [0.5, 0.6) is 0 Å². The Morgan fingerprint density at radius 1 is 1.06 bits per heavy atom. The summed E-state index contributed by atoms with van der Waals surface area (Å²) in [4.78, 5) is 34.3. The quantitative estimate of drug-likeness (QED) is 0.379. The van der Waals surface area contributed by atoms with Gasteiger partial charge in [-0.05, 0) is 55.5 Å². The summed E-state index contributed by atoms with van der Waals surface area (Å²) < 4.78 is 2.00. The molecule has 2 amide bonds. The van der Waals surface area contributed by atoms with Gasteiger partial charge in [-0.3, -0.25) is 4.79 Å². The number of nitrogens with one attached hydrogen (secondary N) is 2. The number of aromatic nitrogens is 3. The second-order valence-corrected chi connectivity index (χ2v) is 8.45. The Kier molecular flexibility index (Phi) is 5.26. The van der Waals surface area contributed by atoms with Crippen LogP contribution in [-0.4, -0.2) is 26.3 Å². The van der Waals surface area contributed by atoms with Crippen LogP contribution in [0.15, 0.2) is 61.1 Å². The number of rotatable bonds is 6. The molecule has 8 heteroatoms. The van der Waals surface area contributed by atoms with Gasteiger partial charge in [0.25, 0.3) is 0 Å². The highest BCUT2D eigenvalue weighted by Gasteiger charge is 2.26. The SMILES string of the molecule is Cc1cccc(NC(=O)Nc2cccc(C(=O)c3cn(CC4CC4)c4ncnc(N)c34)c2)c1. The zero-order valence-electron chi connectivity index (χ0n) is 18.2.